The van der Waals surface area contributed by atoms with Crippen LogP contribution in [0.4, 0.5) is 9.52 Å². The predicted molar refractivity (Wildman–Crippen MR) is 127 cm³/mol. The first-order valence-corrected chi connectivity index (χ1v) is 9.84. The molecule has 0 radical (unpaired) electrons. The van der Waals surface area contributed by atoms with Crippen LogP contribution in [-0.4, -0.2) is 43.1 Å². The number of anilines is 1. The number of thiazole rings is 1. The zero-order valence-corrected chi connectivity index (χ0v) is 19.4. The number of aromatic amines is 1. The summed E-state index contributed by atoms with van der Waals surface area (Å²) in [7, 11) is 3.96. The molecule has 0 spiro atoms. The van der Waals surface area contributed by atoms with Gasteiger partial charge in [-0.15, -0.1) is 35.3 Å². The highest BCUT2D eigenvalue weighted by atomic mass is 127. The van der Waals surface area contributed by atoms with Crippen molar-refractivity contribution >= 4 is 57.3 Å². The summed E-state index contributed by atoms with van der Waals surface area (Å²) in [6.07, 6.45) is 2.71. The molecule has 3 aromatic rings. The Kier molecular flexibility index (Phi) is 8.49. The Balaban J connectivity index is 0.00000280. The lowest BCUT2D eigenvalue weighted by Gasteiger charge is -2.11. The van der Waals surface area contributed by atoms with Gasteiger partial charge in [-0.25, -0.2) is 14.4 Å². The standard InChI is InChI=1S/C19H25FN6S.HI/c1-4-21-18(24-11-15-12-27-19(25-15)26(2)3)22-8-7-13-10-23-17-6-5-14(20)9-16(13)17;/h5-6,9-10,12,23H,4,7-8,11H2,1-3H3,(H2,21,22,24);1H. The first kappa shape index (κ1) is 22.4. The lowest BCUT2D eigenvalue weighted by Crippen LogP contribution is -2.38. The minimum absolute atomic E-state index is 0. The number of benzene rings is 1. The molecule has 2 aromatic heterocycles. The van der Waals surface area contributed by atoms with Gasteiger partial charge in [0, 0.05) is 49.7 Å². The van der Waals surface area contributed by atoms with Crippen molar-refractivity contribution in [3.05, 3.63) is 46.9 Å². The Labute approximate surface area is 185 Å². The van der Waals surface area contributed by atoms with Gasteiger partial charge in [-0.1, -0.05) is 0 Å². The van der Waals surface area contributed by atoms with E-state index in [0.29, 0.717) is 13.1 Å². The first-order valence-electron chi connectivity index (χ1n) is 8.96. The lowest BCUT2D eigenvalue weighted by atomic mass is 10.1. The van der Waals surface area contributed by atoms with Crippen molar-refractivity contribution in [3.8, 4) is 0 Å². The molecule has 152 valence electrons. The van der Waals surface area contributed by atoms with E-state index >= 15 is 0 Å². The van der Waals surface area contributed by atoms with Gasteiger partial charge in [0.15, 0.2) is 11.1 Å². The van der Waals surface area contributed by atoms with E-state index in [4.69, 9.17) is 0 Å². The van der Waals surface area contributed by atoms with Gasteiger partial charge in [-0.2, -0.15) is 0 Å². The largest absolute Gasteiger partial charge is 0.361 e. The van der Waals surface area contributed by atoms with Gasteiger partial charge in [0.1, 0.15) is 5.82 Å². The molecule has 3 rings (SSSR count). The molecule has 0 saturated carbocycles. The first-order chi connectivity index (χ1) is 13.1. The number of nitrogens with zero attached hydrogens (tertiary/aromatic N) is 3. The topological polar surface area (TPSA) is 68.3 Å². The highest BCUT2D eigenvalue weighted by Gasteiger charge is 2.06. The van der Waals surface area contributed by atoms with Crippen molar-refractivity contribution in [1.82, 2.24) is 20.6 Å². The van der Waals surface area contributed by atoms with Crippen LogP contribution >= 0.6 is 35.3 Å². The number of nitrogens with one attached hydrogen (secondary N) is 3. The average Bonchev–Trinajstić information content (AvgIpc) is 3.27. The summed E-state index contributed by atoms with van der Waals surface area (Å²) in [5.41, 5.74) is 2.99. The second-order valence-corrected chi connectivity index (χ2v) is 7.23. The summed E-state index contributed by atoms with van der Waals surface area (Å²) >= 11 is 1.61. The lowest BCUT2D eigenvalue weighted by molar-refractivity contribution is 0.629. The van der Waals surface area contributed by atoms with E-state index in [9.17, 15) is 4.39 Å². The van der Waals surface area contributed by atoms with Crippen LogP contribution < -0.4 is 15.5 Å². The number of halogens is 2. The quantitative estimate of drug-likeness (QED) is 0.254. The van der Waals surface area contributed by atoms with Gasteiger partial charge in [0.25, 0.3) is 0 Å². The molecule has 0 unspecified atom stereocenters. The Morgan fingerprint density at radius 1 is 1.32 bits per heavy atom. The van der Waals surface area contributed by atoms with Crippen LogP contribution in [0, 0.1) is 5.82 Å². The monoisotopic (exact) mass is 516 g/mol. The highest BCUT2D eigenvalue weighted by Crippen LogP contribution is 2.20. The summed E-state index contributed by atoms with van der Waals surface area (Å²) in [5.74, 6) is 0.537. The number of aliphatic imine (C=N–C) groups is 1. The molecule has 0 aliphatic rings. The Morgan fingerprint density at radius 3 is 2.86 bits per heavy atom. The maximum Gasteiger partial charge on any atom is 0.191 e. The number of rotatable bonds is 7. The van der Waals surface area contributed by atoms with Crippen molar-refractivity contribution in [2.75, 3.05) is 32.1 Å². The SMILES string of the molecule is CCNC(=NCc1csc(N(C)C)n1)NCCc1c[nH]c2ccc(F)cc12.I. The number of aromatic nitrogens is 2. The van der Waals surface area contributed by atoms with E-state index < -0.39 is 0 Å². The molecule has 0 amide bonds. The van der Waals surface area contributed by atoms with Gasteiger partial charge < -0.3 is 20.5 Å². The van der Waals surface area contributed by atoms with Gasteiger partial charge in [0.2, 0.25) is 0 Å². The van der Waals surface area contributed by atoms with Gasteiger partial charge in [-0.3, -0.25) is 0 Å². The molecular formula is C19H26FIN6S. The molecule has 0 aliphatic carbocycles. The molecule has 28 heavy (non-hydrogen) atoms. The normalized spacial score (nSPS) is 11.4. The minimum atomic E-state index is -0.216. The summed E-state index contributed by atoms with van der Waals surface area (Å²) in [5, 5.41) is 10.5. The van der Waals surface area contributed by atoms with Crippen LogP contribution in [0.1, 0.15) is 18.2 Å². The molecule has 2 heterocycles. The fourth-order valence-electron chi connectivity index (χ4n) is 2.75. The highest BCUT2D eigenvalue weighted by molar-refractivity contribution is 14.0. The van der Waals surface area contributed by atoms with E-state index in [1.807, 2.05) is 37.5 Å². The number of hydrogen-bond acceptors (Lipinski definition) is 4. The fraction of sp³-hybridized carbons (Fsp3) is 0.368. The van der Waals surface area contributed by atoms with E-state index in [-0.39, 0.29) is 29.8 Å². The van der Waals surface area contributed by atoms with Crippen molar-refractivity contribution in [3.63, 3.8) is 0 Å². The van der Waals surface area contributed by atoms with Crippen LogP contribution in [0.3, 0.4) is 0 Å². The van der Waals surface area contributed by atoms with Crippen LogP contribution in [0.15, 0.2) is 34.8 Å². The third kappa shape index (κ3) is 5.81. The molecule has 0 bridgehead atoms. The smallest absolute Gasteiger partial charge is 0.191 e. The second kappa shape index (κ2) is 10.6. The summed E-state index contributed by atoms with van der Waals surface area (Å²) in [6.45, 7) is 4.05. The van der Waals surface area contributed by atoms with Gasteiger partial charge in [-0.05, 0) is 37.1 Å². The molecule has 1 aromatic carbocycles. The number of H-pyrrole nitrogens is 1. The maximum absolute atomic E-state index is 13.5. The second-order valence-electron chi connectivity index (χ2n) is 6.39. The molecule has 0 aliphatic heterocycles. The third-order valence-electron chi connectivity index (χ3n) is 4.08. The molecule has 0 saturated heterocycles. The van der Waals surface area contributed by atoms with Crippen molar-refractivity contribution in [1.29, 1.82) is 0 Å². The molecule has 6 nitrogen and oxygen atoms in total. The molecule has 0 fully saturated rings. The van der Waals surface area contributed by atoms with Crippen LogP contribution in [-0.2, 0) is 13.0 Å². The van der Waals surface area contributed by atoms with Crippen LogP contribution in [0.2, 0.25) is 0 Å². The zero-order chi connectivity index (χ0) is 19.2. The number of guanidine groups is 1. The molecular weight excluding hydrogens is 490 g/mol. The predicted octanol–water partition coefficient (Wildman–Crippen LogP) is 3.75. The molecule has 9 heteroatoms. The van der Waals surface area contributed by atoms with Gasteiger partial charge in [0.05, 0.1) is 12.2 Å². The van der Waals surface area contributed by atoms with Crippen molar-refractivity contribution in [2.24, 2.45) is 4.99 Å². The van der Waals surface area contributed by atoms with Crippen LogP contribution in [0.25, 0.3) is 10.9 Å². The number of hydrogen-bond donors (Lipinski definition) is 3. The fourth-order valence-corrected chi connectivity index (χ4v) is 3.50. The molecule has 0 atom stereocenters. The van der Waals surface area contributed by atoms with Crippen molar-refractivity contribution < 1.29 is 4.39 Å². The Bertz CT molecular complexity index is 920. The summed E-state index contributed by atoms with van der Waals surface area (Å²) in [6, 6.07) is 4.81. The van der Waals surface area contributed by atoms with E-state index in [0.717, 1.165) is 46.2 Å². The Morgan fingerprint density at radius 2 is 2.14 bits per heavy atom. The molecule has 3 N–H and O–H groups in total. The summed E-state index contributed by atoms with van der Waals surface area (Å²) < 4.78 is 13.5. The van der Waals surface area contributed by atoms with Crippen molar-refractivity contribution in [2.45, 2.75) is 19.9 Å². The summed E-state index contributed by atoms with van der Waals surface area (Å²) in [4.78, 5) is 14.3. The van der Waals surface area contributed by atoms with E-state index in [2.05, 4.69) is 25.6 Å². The zero-order valence-electron chi connectivity index (χ0n) is 16.3. The van der Waals surface area contributed by atoms with Gasteiger partial charge >= 0.3 is 0 Å². The minimum Gasteiger partial charge on any atom is -0.361 e. The third-order valence-corrected chi connectivity index (χ3v) is 5.14. The van der Waals surface area contributed by atoms with E-state index in [1.165, 1.54) is 6.07 Å². The number of fused-ring (bicyclic) bond motifs is 1. The average molecular weight is 516 g/mol. The Hall–Kier alpha value is -1.88. The van der Waals surface area contributed by atoms with Crippen LogP contribution in [0.5, 0.6) is 0 Å². The van der Waals surface area contributed by atoms with E-state index in [1.54, 1.807) is 23.5 Å². The maximum atomic E-state index is 13.5.